The number of hydrogen-bond acceptors (Lipinski definition) is 3. The Morgan fingerprint density at radius 2 is 1.84 bits per heavy atom. The Bertz CT molecular complexity index is 325. The molecule has 0 bridgehead atoms. The smallest absolute Gasteiger partial charge is 0.152 e. The summed E-state index contributed by atoms with van der Waals surface area (Å²) in [6.07, 6.45) is 11.0. The van der Waals surface area contributed by atoms with Crippen molar-refractivity contribution in [2.24, 2.45) is 11.8 Å². The van der Waals surface area contributed by atoms with Crippen LogP contribution >= 0.6 is 0 Å². The van der Waals surface area contributed by atoms with Crippen LogP contribution in [0.2, 0.25) is 0 Å². The van der Waals surface area contributed by atoms with Crippen LogP contribution in [0.25, 0.3) is 0 Å². The molecule has 1 heterocycles. The molecule has 108 valence electrons. The van der Waals surface area contributed by atoms with E-state index in [2.05, 4.69) is 5.32 Å². The van der Waals surface area contributed by atoms with Crippen molar-refractivity contribution in [2.45, 2.75) is 76.0 Å². The zero-order valence-corrected chi connectivity index (χ0v) is 12.1. The molecule has 1 N–H and O–H groups in total. The lowest BCUT2D eigenvalue weighted by atomic mass is 9.80. The van der Waals surface area contributed by atoms with Crippen molar-refractivity contribution in [3.8, 4) is 0 Å². The number of carbonyl (C=O) groups excluding carboxylic acids is 1. The molecule has 0 radical (unpaired) electrons. The average Bonchev–Trinajstić information content (AvgIpc) is 2.90. The van der Waals surface area contributed by atoms with E-state index in [0.717, 1.165) is 32.1 Å². The molecule has 3 fully saturated rings. The third kappa shape index (κ3) is 2.87. The lowest BCUT2D eigenvalue weighted by Gasteiger charge is -2.30. The fraction of sp³-hybridized carbons (Fsp3) is 0.938. The SMILES string of the molecule is COC1CCC2NC(C(=O)C3CCCCC3)CC2C1. The molecule has 3 rings (SSSR count). The number of ketones is 1. The van der Waals surface area contributed by atoms with Gasteiger partial charge < -0.3 is 10.1 Å². The van der Waals surface area contributed by atoms with Gasteiger partial charge in [-0.2, -0.15) is 0 Å². The van der Waals surface area contributed by atoms with Gasteiger partial charge in [0.1, 0.15) is 0 Å². The maximum absolute atomic E-state index is 12.6. The second-order valence-corrected chi connectivity index (χ2v) is 6.73. The van der Waals surface area contributed by atoms with Crippen molar-refractivity contribution >= 4 is 5.78 Å². The average molecular weight is 265 g/mol. The highest BCUT2D eigenvalue weighted by atomic mass is 16.5. The summed E-state index contributed by atoms with van der Waals surface area (Å²) in [6, 6.07) is 0.720. The molecule has 0 aromatic rings. The van der Waals surface area contributed by atoms with Crippen LogP contribution in [0.5, 0.6) is 0 Å². The van der Waals surface area contributed by atoms with Crippen LogP contribution in [-0.4, -0.2) is 31.1 Å². The van der Waals surface area contributed by atoms with Gasteiger partial charge in [0.2, 0.25) is 0 Å². The molecule has 2 aliphatic carbocycles. The molecule has 19 heavy (non-hydrogen) atoms. The molecule has 3 aliphatic rings. The number of methoxy groups -OCH3 is 1. The molecule has 2 saturated carbocycles. The summed E-state index contributed by atoms with van der Waals surface area (Å²) < 4.78 is 5.50. The largest absolute Gasteiger partial charge is 0.381 e. The standard InChI is InChI=1S/C16H27NO2/c1-19-13-7-8-14-12(9-13)10-15(17-14)16(18)11-5-3-2-4-6-11/h11-15,17H,2-10H2,1H3. The van der Waals surface area contributed by atoms with Gasteiger partial charge in [0, 0.05) is 19.1 Å². The van der Waals surface area contributed by atoms with E-state index < -0.39 is 0 Å². The summed E-state index contributed by atoms with van der Waals surface area (Å²) in [7, 11) is 1.82. The molecule has 0 aromatic heterocycles. The third-order valence-corrected chi connectivity index (χ3v) is 5.57. The minimum absolute atomic E-state index is 0.147. The molecule has 0 aromatic carbocycles. The minimum Gasteiger partial charge on any atom is -0.381 e. The van der Waals surface area contributed by atoms with Gasteiger partial charge in [0.25, 0.3) is 0 Å². The van der Waals surface area contributed by atoms with Crippen molar-refractivity contribution in [3.05, 3.63) is 0 Å². The van der Waals surface area contributed by atoms with Crippen LogP contribution in [0.1, 0.15) is 57.8 Å². The minimum atomic E-state index is 0.147. The normalized spacial score (nSPS) is 40.1. The van der Waals surface area contributed by atoms with E-state index in [1.165, 1.54) is 25.7 Å². The number of ether oxygens (including phenoxy) is 1. The van der Waals surface area contributed by atoms with E-state index in [0.29, 0.717) is 29.8 Å². The molecular formula is C16H27NO2. The second-order valence-electron chi connectivity index (χ2n) is 6.73. The molecule has 1 aliphatic heterocycles. The van der Waals surface area contributed by atoms with Crippen LogP contribution < -0.4 is 5.32 Å². The van der Waals surface area contributed by atoms with Crippen molar-refractivity contribution in [2.75, 3.05) is 7.11 Å². The number of Topliss-reactive ketones (excluding diaryl/α,β-unsaturated/α-hetero) is 1. The number of rotatable bonds is 3. The van der Waals surface area contributed by atoms with E-state index in [-0.39, 0.29) is 6.04 Å². The zero-order valence-electron chi connectivity index (χ0n) is 12.1. The highest BCUT2D eigenvalue weighted by molar-refractivity contribution is 5.86. The van der Waals surface area contributed by atoms with Crippen LogP contribution in [0.3, 0.4) is 0 Å². The summed E-state index contributed by atoms with van der Waals surface area (Å²) in [5, 5.41) is 3.63. The first-order chi connectivity index (χ1) is 9.28. The Morgan fingerprint density at radius 1 is 1.05 bits per heavy atom. The fourth-order valence-electron chi connectivity index (χ4n) is 4.41. The van der Waals surface area contributed by atoms with Gasteiger partial charge >= 0.3 is 0 Å². The van der Waals surface area contributed by atoms with E-state index in [1.54, 1.807) is 0 Å². The van der Waals surface area contributed by atoms with Crippen molar-refractivity contribution < 1.29 is 9.53 Å². The monoisotopic (exact) mass is 265 g/mol. The van der Waals surface area contributed by atoms with E-state index in [4.69, 9.17) is 4.74 Å². The number of nitrogens with one attached hydrogen (secondary N) is 1. The van der Waals surface area contributed by atoms with Crippen molar-refractivity contribution in [1.29, 1.82) is 0 Å². The predicted octanol–water partition coefficient (Wildman–Crippen LogP) is 2.68. The van der Waals surface area contributed by atoms with Crippen LogP contribution in [0.4, 0.5) is 0 Å². The van der Waals surface area contributed by atoms with Gasteiger partial charge in [-0.25, -0.2) is 0 Å². The number of carbonyl (C=O) groups is 1. The van der Waals surface area contributed by atoms with Gasteiger partial charge in [-0.3, -0.25) is 4.79 Å². The lowest BCUT2D eigenvalue weighted by Crippen LogP contribution is -2.41. The van der Waals surface area contributed by atoms with Gasteiger partial charge in [0.15, 0.2) is 5.78 Å². The van der Waals surface area contributed by atoms with Gasteiger partial charge in [-0.05, 0) is 44.4 Å². The van der Waals surface area contributed by atoms with Gasteiger partial charge in [0.05, 0.1) is 12.1 Å². The van der Waals surface area contributed by atoms with E-state index in [1.807, 2.05) is 7.11 Å². The first kappa shape index (κ1) is 13.6. The fourth-order valence-corrected chi connectivity index (χ4v) is 4.41. The first-order valence-corrected chi connectivity index (χ1v) is 8.10. The van der Waals surface area contributed by atoms with E-state index >= 15 is 0 Å². The molecule has 0 spiro atoms. The van der Waals surface area contributed by atoms with Crippen molar-refractivity contribution in [3.63, 3.8) is 0 Å². The van der Waals surface area contributed by atoms with Crippen LogP contribution in [-0.2, 0) is 9.53 Å². The Morgan fingerprint density at radius 3 is 2.58 bits per heavy atom. The zero-order chi connectivity index (χ0) is 13.2. The highest BCUT2D eigenvalue weighted by Gasteiger charge is 2.42. The lowest BCUT2D eigenvalue weighted by molar-refractivity contribution is -0.125. The van der Waals surface area contributed by atoms with Gasteiger partial charge in [-0.15, -0.1) is 0 Å². The molecule has 3 heteroatoms. The molecule has 0 amide bonds. The van der Waals surface area contributed by atoms with Crippen LogP contribution in [0, 0.1) is 11.8 Å². The quantitative estimate of drug-likeness (QED) is 0.852. The molecule has 1 saturated heterocycles. The highest BCUT2D eigenvalue weighted by Crippen LogP contribution is 2.36. The maximum Gasteiger partial charge on any atom is 0.152 e. The molecular weight excluding hydrogens is 238 g/mol. The van der Waals surface area contributed by atoms with E-state index in [9.17, 15) is 4.79 Å². The molecule has 3 nitrogen and oxygen atoms in total. The Kier molecular flexibility index (Phi) is 4.23. The second kappa shape index (κ2) is 5.92. The summed E-state index contributed by atoms with van der Waals surface area (Å²) in [6.45, 7) is 0. The summed E-state index contributed by atoms with van der Waals surface area (Å²) in [4.78, 5) is 12.6. The van der Waals surface area contributed by atoms with Crippen molar-refractivity contribution in [1.82, 2.24) is 5.32 Å². The Labute approximate surface area is 116 Å². The third-order valence-electron chi connectivity index (χ3n) is 5.57. The predicted molar refractivity (Wildman–Crippen MR) is 75.0 cm³/mol. The Balaban J connectivity index is 1.57. The van der Waals surface area contributed by atoms with Crippen LogP contribution in [0.15, 0.2) is 0 Å². The van der Waals surface area contributed by atoms with Gasteiger partial charge in [-0.1, -0.05) is 19.3 Å². The number of fused-ring (bicyclic) bond motifs is 1. The molecule has 4 atom stereocenters. The summed E-state index contributed by atoms with van der Waals surface area (Å²) in [5.41, 5.74) is 0. The summed E-state index contributed by atoms with van der Waals surface area (Å²) >= 11 is 0. The number of hydrogen-bond donors (Lipinski definition) is 1. The molecule has 4 unspecified atom stereocenters. The maximum atomic E-state index is 12.6. The topological polar surface area (TPSA) is 38.3 Å². The Hall–Kier alpha value is -0.410. The summed E-state index contributed by atoms with van der Waals surface area (Å²) in [5.74, 6) is 1.53. The first-order valence-electron chi connectivity index (χ1n) is 8.10.